The highest BCUT2D eigenvalue weighted by Gasteiger charge is 2.27. The third-order valence-corrected chi connectivity index (χ3v) is 2.55. The Bertz CT molecular complexity index is 173. The predicted molar refractivity (Wildman–Crippen MR) is 41.1 cm³/mol. The maximum atomic E-state index is 10.5. The lowest BCUT2D eigenvalue weighted by molar-refractivity contribution is -0.141. The van der Waals surface area contributed by atoms with Crippen LogP contribution in [0.1, 0.15) is 0 Å². The van der Waals surface area contributed by atoms with Crippen molar-refractivity contribution in [1.82, 2.24) is 4.90 Å². The second-order valence-corrected chi connectivity index (χ2v) is 3.36. The van der Waals surface area contributed by atoms with E-state index in [0.717, 1.165) is 5.75 Å². The molecule has 0 bridgehead atoms. The molecule has 1 rings (SSSR count). The molecule has 0 aliphatic carbocycles. The first kappa shape index (κ1) is 8.39. The second-order valence-electron chi connectivity index (χ2n) is 2.21. The number of aliphatic carboxylic acids is 1. The first-order valence-electron chi connectivity index (χ1n) is 3.20. The smallest absolute Gasteiger partial charge is 0.327 e. The third kappa shape index (κ3) is 1.86. The molecule has 1 unspecified atom stereocenters. The van der Waals surface area contributed by atoms with Crippen LogP contribution >= 0.6 is 11.8 Å². The topological polar surface area (TPSA) is 57.6 Å². The van der Waals surface area contributed by atoms with Crippen molar-refractivity contribution in [3.05, 3.63) is 0 Å². The molecule has 1 atom stereocenters. The summed E-state index contributed by atoms with van der Waals surface area (Å²) in [5.41, 5.74) is 0. The zero-order chi connectivity index (χ0) is 8.27. The molecule has 1 heterocycles. The minimum absolute atomic E-state index is 0.477. The van der Waals surface area contributed by atoms with Gasteiger partial charge in [0.2, 0.25) is 0 Å². The van der Waals surface area contributed by atoms with Crippen LogP contribution in [0.4, 0.5) is 0 Å². The van der Waals surface area contributed by atoms with Crippen molar-refractivity contribution in [1.29, 1.82) is 0 Å². The summed E-state index contributed by atoms with van der Waals surface area (Å²) in [5.74, 6) is 0.337. The summed E-state index contributed by atoms with van der Waals surface area (Å²) in [7, 11) is 0. The average molecular weight is 174 g/mol. The molecule has 11 heavy (non-hydrogen) atoms. The summed E-state index contributed by atoms with van der Waals surface area (Å²) in [6, 6.07) is -0.675. The molecule has 0 saturated carbocycles. The van der Waals surface area contributed by atoms with Crippen molar-refractivity contribution < 1.29 is 14.7 Å². The molecule has 1 N–H and O–H groups in total. The van der Waals surface area contributed by atoms with E-state index in [1.165, 1.54) is 4.90 Å². The highest BCUT2D eigenvalue weighted by atomic mass is 32.2. The average Bonchev–Trinajstić information content (AvgIpc) is 2.04. The Morgan fingerprint density at radius 1 is 1.73 bits per heavy atom. The Hall–Kier alpha value is -0.710. The van der Waals surface area contributed by atoms with Gasteiger partial charge in [0.25, 0.3) is 0 Å². The van der Waals surface area contributed by atoms with Crippen LogP contribution < -0.4 is 0 Å². The summed E-state index contributed by atoms with van der Waals surface area (Å²) in [4.78, 5) is 21.9. The van der Waals surface area contributed by atoms with Gasteiger partial charge in [0.15, 0.2) is 0 Å². The SMILES string of the molecule is O=[C]N1CCSCC1C(=O)O. The molecule has 1 saturated heterocycles. The number of hydrogen-bond acceptors (Lipinski definition) is 3. The second kappa shape index (κ2) is 3.61. The van der Waals surface area contributed by atoms with Crippen LogP contribution in [0, 0.1) is 0 Å². The van der Waals surface area contributed by atoms with E-state index in [0.29, 0.717) is 12.3 Å². The minimum atomic E-state index is -0.944. The van der Waals surface area contributed by atoms with Gasteiger partial charge in [-0.05, 0) is 0 Å². The molecule has 1 fully saturated rings. The van der Waals surface area contributed by atoms with Crippen LogP contribution in [-0.4, -0.2) is 46.5 Å². The fraction of sp³-hybridized carbons (Fsp3) is 0.667. The Morgan fingerprint density at radius 3 is 2.91 bits per heavy atom. The van der Waals surface area contributed by atoms with Gasteiger partial charge in [-0.15, -0.1) is 0 Å². The van der Waals surface area contributed by atoms with Gasteiger partial charge in [-0.2, -0.15) is 11.8 Å². The molecule has 1 aliphatic rings. The van der Waals surface area contributed by atoms with Crippen molar-refractivity contribution in [2.24, 2.45) is 0 Å². The summed E-state index contributed by atoms with van der Waals surface area (Å²) in [6.07, 6.45) is 1.62. The summed E-state index contributed by atoms with van der Waals surface area (Å²) < 4.78 is 0. The van der Waals surface area contributed by atoms with Crippen LogP contribution in [0.5, 0.6) is 0 Å². The fourth-order valence-electron chi connectivity index (χ4n) is 0.918. The van der Waals surface area contributed by atoms with Crippen molar-refractivity contribution in [3.63, 3.8) is 0 Å². The van der Waals surface area contributed by atoms with E-state index in [2.05, 4.69) is 0 Å². The van der Waals surface area contributed by atoms with E-state index >= 15 is 0 Å². The Labute approximate surface area is 68.6 Å². The lowest BCUT2D eigenvalue weighted by Gasteiger charge is -2.27. The fourth-order valence-corrected chi connectivity index (χ4v) is 1.96. The highest BCUT2D eigenvalue weighted by Crippen LogP contribution is 2.14. The van der Waals surface area contributed by atoms with Crippen LogP contribution in [0.15, 0.2) is 0 Å². The lowest BCUT2D eigenvalue weighted by Crippen LogP contribution is -2.46. The van der Waals surface area contributed by atoms with Crippen LogP contribution in [-0.2, 0) is 9.59 Å². The molecule has 4 nitrogen and oxygen atoms in total. The maximum absolute atomic E-state index is 10.5. The Morgan fingerprint density at radius 2 is 2.45 bits per heavy atom. The van der Waals surface area contributed by atoms with Crippen molar-refractivity contribution in [2.75, 3.05) is 18.1 Å². The van der Waals surface area contributed by atoms with Gasteiger partial charge in [-0.3, -0.25) is 4.79 Å². The molecule has 1 radical (unpaired) electrons. The molecule has 1 aliphatic heterocycles. The molecule has 0 aromatic rings. The molecule has 1 amide bonds. The van der Waals surface area contributed by atoms with Gasteiger partial charge < -0.3 is 10.0 Å². The van der Waals surface area contributed by atoms with Gasteiger partial charge in [0, 0.05) is 18.1 Å². The molecule has 61 valence electrons. The largest absolute Gasteiger partial charge is 0.480 e. The number of carboxylic acids is 1. The number of amides is 1. The number of carbonyl (C=O) groups excluding carboxylic acids is 1. The molecule has 5 heteroatoms. The van der Waals surface area contributed by atoms with Gasteiger partial charge in [0.1, 0.15) is 6.04 Å². The van der Waals surface area contributed by atoms with Crippen molar-refractivity contribution >= 4 is 24.1 Å². The number of carbonyl (C=O) groups is 1. The Balaban J connectivity index is 2.58. The summed E-state index contributed by atoms with van der Waals surface area (Å²) in [6.45, 7) is 0.491. The first-order valence-corrected chi connectivity index (χ1v) is 4.36. The molecular formula is C6H8NO3S. The Kier molecular flexibility index (Phi) is 2.76. The molecule has 0 spiro atoms. The van der Waals surface area contributed by atoms with Gasteiger partial charge in [0.05, 0.1) is 0 Å². The maximum Gasteiger partial charge on any atom is 0.327 e. The van der Waals surface area contributed by atoms with Crippen LogP contribution in [0.2, 0.25) is 0 Å². The number of carboxylic acid groups (broad SMARTS) is 1. The predicted octanol–water partition coefficient (Wildman–Crippen LogP) is -0.444. The highest BCUT2D eigenvalue weighted by molar-refractivity contribution is 7.99. The van der Waals surface area contributed by atoms with E-state index in [-0.39, 0.29) is 0 Å². The normalized spacial score (nSPS) is 24.7. The van der Waals surface area contributed by atoms with E-state index in [1.807, 2.05) is 0 Å². The van der Waals surface area contributed by atoms with E-state index in [1.54, 1.807) is 18.2 Å². The van der Waals surface area contributed by atoms with Crippen LogP contribution in [0.3, 0.4) is 0 Å². The minimum Gasteiger partial charge on any atom is -0.480 e. The summed E-state index contributed by atoms with van der Waals surface area (Å²) in [5, 5.41) is 8.61. The number of thioether (sulfide) groups is 1. The molecule has 0 aromatic carbocycles. The molecular weight excluding hydrogens is 166 g/mol. The zero-order valence-electron chi connectivity index (χ0n) is 5.82. The zero-order valence-corrected chi connectivity index (χ0v) is 6.63. The third-order valence-electron chi connectivity index (χ3n) is 1.53. The number of rotatable bonds is 2. The van der Waals surface area contributed by atoms with Crippen molar-refractivity contribution in [3.8, 4) is 0 Å². The van der Waals surface area contributed by atoms with Crippen molar-refractivity contribution in [2.45, 2.75) is 6.04 Å². The van der Waals surface area contributed by atoms with E-state index in [9.17, 15) is 9.59 Å². The molecule has 0 aromatic heterocycles. The quantitative estimate of drug-likeness (QED) is 0.616. The van der Waals surface area contributed by atoms with E-state index in [4.69, 9.17) is 5.11 Å². The first-order chi connectivity index (χ1) is 5.25. The van der Waals surface area contributed by atoms with Crippen LogP contribution in [0.25, 0.3) is 0 Å². The van der Waals surface area contributed by atoms with E-state index < -0.39 is 12.0 Å². The van der Waals surface area contributed by atoms with Gasteiger partial charge in [-0.1, -0.05) is 0 Å². The number of hydrogen-bond donors (Lipinski definition) is 1. The van der Waals surface area contributed by atoms with Gasteiger partial charge >= 0.3 is 12.4 Å². The monoisotopic (exact) mass is 174 g/mol. The summed E-state index contributed by atoms with van der Waals surface area (Å²) >= 11 is 1.55. The standard InChI is InChI=1S/C6H8NO3S/c8-4-7-1-2-11-3-5(7)6(9)10/h5H,1-3H2,(H,9,10). The number of nitrogens with zero attached hydrogens (tertiary/aromatic N) is 1. The lowest BCUT2D eigenvalue weighted by atomic mass is 10.3. The van der Waals surface area contributed by atoms with Gasteiger partial charge in [-0.25, -0.2) is 4.79 Å².